The quantitative estimate of drug-likeness (QED) is 0.462. The van der Waals surface area contributed by atoms with E-state index in [-0.39, 0.29) is 16.3 Å². The van der Waals surface area contributed by atoms with Gasteiger partial charge in [0.05, 0.1) is 10.6 Å². The van der Waals surface area contributed by atoms with Crippen LogP contribution in [-0.4, -0.2) is 27.7 Å². The summed E-state index contributed by atoms with van der Waals surface area (Å²) in [6.45, 7) is 0.189. The molecule has 0 bridgehead atoms. The second kappa shape index (κ2) is 8.59. The first-order valence-corrected chi connectivity index (χ1v) is 11.8. The predicted octanol–water partition coefficient (Wildman–Crippen LogP) is 2.99. The first-order valence-electron chi connectivity index (χ1n) is 8.28. The highest BCUT2D eigenvalue weighted by molar-refractivity contribution is 9.12. The Kier molecular flexibility index (Phi) is 6.36. The molecule has 0 spiro atoms. The third kappa shape index (κ3) is 4.06. The maximum atomic E-state index is 13.1. The molecule has 146 valence electrons. The van der Waals surface area contributed by atoms with Gasteiger partial charge in [-0.25, -0.2) is 17.8 Å². The molecule has 6 nitrogen and oxygen atoms in total. The lowest BCUT2D eigenvalue weighted by molar-refractivity contribution is 0.577. The Morgan fingerprint density at radius 1 is 0.929 bits per heavy atom. The van der Waals surface area contributed by atoms with Gasteiger partial charge in [0.2, 0.25) is 9.84 Å². The molecule has 1 aromatic heterocycles. The highest BCUT2D eigenvalue weighted by atomic mass is 79.9. The van der Waals surface area contributed by atoms with Crippen LogP contribution in [0.4, 0.5) is 0 Å². The van der Waals surface area contributed by atoms with Gasteiger partial charge < -0.3 is 0 Å². The molecule has 28 heavy (non-hydrogen) atoms. The second-order valence-corrected chi connectivity index (χ2v) is 9.83. The summed E-state index contributed by atoms with van der Waals surface area (Å²) >= 11 is 6.74. The van der Waals surface area contributed by atoms with Crippen LogP contribution in [0, 0.1) is 0 Å². The maximum Gasteiger partial charge on any atom is 0.335 e. The minimum absolute atomic E-state index is 0.00667. The smallest absolute Gasteiger partial charge is 0.298 e. The molecule has 0 saturated carbocycles. The summed E-state index contributed by atoms with van der Waals surface area (Å²) in [7, 11) is -4.10. The minimum atomic E-state index is -4.10. The van der Waals surface area contributed by atoms with Crippen LogP contribution in [0.2, 0.25) is 0 Å². The van der Waals surface area contributed by atoms with Crippen molar-refractivity contribution in [1.29, 1.82) is 0 Å². The standard InChI is InChI=1S/C19H16Br2N2O4S/c20-11-14(21)12-22-13-17(28(26,27)16-9-5-2-6-10-16)18(24)23(19(22)25)15-7-3-1-4-8-15/h1-10,13-14H,11-12H2/t14-/m0/s1. The maximum absolute atomic E-state index is 13.1. The van der Waals surface area contributed by atoms with E-state index in [0.29, 0.717) is 11.0 Å². The van der Waals surface area contributed by atoms with E-state index in [0.717, 1.165) is 10.8 Å². The number of hydrogen-bond donors (Lipinski definition) is 0. The third-order valence-electron chi connectivity index (χ3n) is 4.04. The lowest BCUT2D eigenvalue weighted by Gasteiger charge is -2.15. The second-order valence-electron chi connectivity index (χ2n) is 5.97. The molecule has 0 aliphatic heterocycles. The molecule has 0 N–H and O–H groups in total. The van der Waals surface area contributed by atoms with Gasteiger partial charge in [-0.05, 0) is 24.3 Å². The summed E-state index contributed by atoms with van der Waals surface area (Å²) in [6, 6.07) is 16.0. The molecule has 9 heteroatoms. The van der Waals surface area contributed by atoms with Crippen LogP contribution in [0.5, 0.6) is 0 Å². The Morgan fingerprint density at radius 3 is 2.07 bits per heavy atom. The summed E-state index contributed by atoms with van der Waals surface area (Å²) in [5.74, 6) is 0. The number of alkyl halides is 2. The van der Waals surface area contributed by atoms with E-state index in [9.17, 15) is 18.0 Å². The summed E-state index contributed by atoms with van der Waals surface area (Å²) < 4.78 is 28.3. The molecule has 0 radical (unpaired) electrons. The number of nitrogens with zero attached hydrogens (tertiary/aromatic N) is 2. The van der Waals surface area contributed by atoms with Gasteiger partial charge in [-0.15, -0.1) is 0 Å². The normalized spacial score (nSPS) is 12.6. The largest absolute Gasteiger partial charge is 0.335 e. The van der Waals surface area contributed by atoms with Crippen LogP contribution in [0.25, 0.3) is 5.69 Å². The molecular weight excluding hydrogens is 512 g/mol. The van der Waals surface area contributed by atoms with Crippen LogP contribution in [0.1, 0.15) is 0 Å². The van der Waals surface area contributed by atoms with Crippen LogP contribution in [0.15, 0.2) is 86.2 Å². The first kappa shape index (κ1) is 20.8. The Bertz CT molecular complexity index is 1190. The van der Waals surface area contributed by atoms with Gasteiger partial charge in [0.1, 0.15) is 0 Å². The summed E-state index contributed by atoms with van der Waals surface area (Å²) in [5, 5.41) is 0.546. The molecule has 3 rings (SSSR count). The molecule has 0 saturated heterocycles. The molecular formula is C19H16Br2N2O4S. The molecule has 0 amide bonds. The Morgan fingerprint density at radius 2 is 1.50 bits per heavy atom. The Balaban J connectivity index is 2.33. The average Bonchev–Trinajstić information content (AvgIpc) is 2.71. The monoisotopic (exact) mass is 526 g/mol. The van der Waals surface area contributed by atoms with Gasteiger partial charge in [0.15, 0.2) is 4.90 Å². The van der Waals surface area contributed by atoms with Crippen LogP contribution >= 0.6 is 31.9 Å². The van der Waals surface area contributed by atoms with Crippen molar-refractivity contribution in [2.45, 2.75) is 21.2 Å². The molecule has 0 aliphatic carbocycles. The SMILES string of the molecule is O=c1c(S(=O)(=O)c2ccccc2)cn(C[C@@H](Br)CBr)c(=O)n1-c1ccccc1. The predicted molar refractivity (Wildman–Crippen MR) is 115 cm³/mol. The van der Waals surface area contributed by atoms with E-state index < -0.39 is 26.0 Å². The molecule has 1 heterocycles. The van der Waals surface area contributed by atoms with Gasteiger partial charge in [-0.3, -0.25) is 9.36 Å². The zero-order chi connectivity index (χ0) is 20.3. The number of rotatable bonds is 6. The van der Waals surface area contributed by atoms with Gasteiger partial charge in [0.25, 0.3) is 5.56 Å². The van der Waals surface area contributed by atoms with Crippen LogP contribution in [-0.2, 0) is 16.4 Å². The average molecular weight is 528 g/mol. The van der Waals surface area contributed by atoms with Gasteiger partial charge in [0, 0.05) is 22.9 Å². The molecule has 0 unspecified atom stereocenters. The Labute approximate surface area is 178 Å². The van der Waals surface area contributed by atoms with E-state index in [1.807, 2.05) is 0 Å². The lowest BCUT2D eigenvalue weighted by Crippen LogP contribution is -2.42. The van der Waals surface area contributed by atoms with E-state index in [4.69, 9.17) is 0 Å². The Hall–Kier alpha value is -1.97. The number of para-hydroxylation sites is 1. The van der Waals surface area contributed by atoms with E-state index >= 15 is 0 Å². The number of hydrogen-bond acceptors (Lipinski definition) is 4. The molecule has 3 aromatic rings. The highest BCUT2D eigenvalue weighted by Gasteiger charge is 2.26. The fraction of sp³-hybridized carbons (Fsp3) is 0.158. The third-order valence-corrected chi connectivity index (χ3v) is 8.06. The molecule has 0 fully saturated rings. The zero-order valence-corrected chi connectivity index (χ0v) is 18.5. The van der Waals surface area contributed by atoms with Gasteiger partial charge in [-0.2, -0.15) is 0 Å². The van der Waals surface area contributed by atoms with Crippen molar-refractivity contribution < 1.29 is 8.42 Å². The molecule has 2 aromatic carbocycles. The summed E-state index contributed by atoms with van der Waals surface area (Å²) in [5.41, 5.74) is -1.17. The number of benzene rings is 2. The van der Waals surface area contributed by atoms with Gasteiger partial charge >= 0.3 is 5.69 Å². The van der Waals surface area contributed by atoms with Crippen molar-refractivity contribution in [3.05, 3.63) is 87.7 Å². The molecule has 1 atom stereocenters. The van der Waals surface area contributed by atoms with Gasteiger partial charge in [-0.1, -0.05) is 68.3 Å². The highest BCUT2D eigenvalue weighted by Crippen LogP contribution is 2.18. The van der Waals surface area contributed by atoms with E-state index in [2.05, 4.69) is 31.9 Å². The van der Waals surface area contributed by atoms with Crippen molar-refractivity contribution >= 4 is 41.7 Å². The van der Waals surface area contributed by atoms with Crippen LogP contribution in [0.3, 0.4) is 0 Å². The topological polar surface area (TPSA) is 78.1 Å². The van der Waals surface area contributed by atoms with Crippen LogP contribution < -0.4 is 11.2 Å². The first-order chi connectivity index (χ1) is 13.4. The fourth-order valence-electron chi connectivity index (χ4n) is 2.69. The minimum Gasteiger partial charge on any atom is -0.298 e. The van der Waals surface area contributed by atoms with Crippen molar-refractivity contribution in [3.63, 3.8) is 0 Å². The van der Waals surface area contributed by atoms with Crippen molar-refractivity contribution in [3.8, 4) is 5.69 Å². The lowest BCUT2D eigenvalue weighted by atomic mass is 10.3. The number of aromatic nitrogens is 2. The number of sulfone groups is 1. The number of halogens is 2. The summed E-state index contributed by atoms with van der Waals surface area (Å²) in [4.78, 5) is 25.4. The van der Waals surface area contributed by atoms with E-state index in [1.165, 1.54) is 16.7 Å². The van der Waals surface area contributed by atoms with E-state index in [1.54, 1.807) is 48.5 Å². The van der Waals surface area contributed by atoms with Crippen molar-refractivity contribution in [2.24, 2.45) is 0 Å². The molecule has 0 aliphatic rings. The summed E-state index contributed by atoms with van der Waals surface area (Å²) in [6.07, 6.45) is 1.13. The fourth-order valence-corrected chi connectivity index (χ4v) is 4.56. The van der Waals surface area contributed by atoms with Crippen molar-refractivity contribution in [2.75, 3.05) is 5.33 Å². The zero-order valence-electron chi connectivity index (χ0n) is 14.5. The van der Waals surface area contributed by atoms with Crippen molar-refractivity contribution in [1.82, 2.24) is 9.13 Å².